The van der Waals surface area contributed by atoms with Crippen LogP contribution in [-0.2, 0) is 0 Å². The lowest BCUT2D eigenvalue weighted by molar-refractivity contribution is 0.396. The molecule has 1 aliphatic carbocycles. The summed E-state index contributed by atoms with van der Waals surface area (Å²) in [5.41, 5.74) is 0. The van der Waals surface area contributed by atoms with Gasteiger partial charge < -0.3 is 10.2 Å². The molecule has 2 aliphatic rings. The van der Waals surface area contributed by atoms with Crippen LogP contribution in [0.15, 0.2) is 0 Å². The summed E-state index contributed by atoms with van der Waals surface area (Å²) in [5, 5.41) is 3.63. The van der Waals surface area contributed by atoms with Crippen molar-refractivity contribution in [3.8, 4) is 0 Å². The summed E-state index contributed by atoms with van der Waals surface area (Å²) in [5.74, 6) is 1.03. The highest BCUT2D eigenvalue weighted by Gasteiger charge is 2.24. The standard InChI is InChI=1S/C9H18N2/c1-11-5-4-9(7-11)10-6-8-2-3-8/h8-10H,2-7H2,1H3/t9-/m0/s1. The Labute approximate surface area is 69.0 Å². The van der Waals surface area contributed by atoms with Gasteiger partial charge in [0.1, 0.15) is 0 Å². The van der Waals surface area contributed by atoms with E-state index < -0.39 is 0 Å². The van der Waals surface area contributed by atoms with Crippen molar-refractivity contribution in [2.24, 2.45) is 5.92 Å². The molecule has 0 bridgehead atoms. The fourth-order valence-electron chi connectivity index (χ4n) is 1.76. The van der Waals surface area contributed by atoms with Crippen molar-refractivity contribution in [3.05, 3.63) is 0 Å². The van der Waals surface area contributed by atoms with Gasteiger partial charge in [0.05, 0.1) is 0 Å². The van der Waals surface area contributed by atoms with Crippen LogP contribution in [-0.4, -0.2) is 37.6 Å². The largest absolute Gasteiger partial charge is 0.312 e. The van der Waals surface area contributed by atoms with Crippen molar-refractivity contribution in [3.63, 3.8) is 0 Å². The first-order chi connectivity index (χ1) is 5.34. The minimum absolute atomic E-state index is 0.792. The first-order valence-electron chi connectivity index (χ1n) is 4.76. The van der Waals surface area contributed by atoms with Gasteiger partial charge in [-0.15, -0.1) is 0 Å². The fraction of sp³-hybridized carbons (Fsp3) is 1.00. The van der Waals surface area contributed by atoms with Crippen molar-refractivity contribution in [2.45, 2.75) is 25.3 Å². The minimum atomic E-state index is 0.792. The van der Waals surface area contributed by atoms with E-state index in [1.165, 1.54) is 38.9 Å². The third-order valence-corrected chi connectivity index (χ3v) is 2.78. The molecule has 0 radical (unpaired) electrons. The second kappa shape index (κ2) is 3.11. The Hall–Kier alpha value is -0.0800. The molecule has 2 heteroatoms. The van der Waals surface area contributed by atoms with Gasteiger partial charge in [-0.05, 0) is 45.3 Å². The Morgan fingerprint density at radius 1 is 1.36 bits per heavy atom. The number of rotatable bonds is 3. The van der Waals surface area contributed by atoms with Gasteiger partial charge in [-0.3, -0.25) is 0 Å². The Morgan fingerprint density at radius 2 is 2.18 bits per heavy atom. The maximum Gasteiger partial charge on any atom is 0.0207 e. The lowest BCUT2D eigenvalue weighted by Gasteiger charge is -2.11. The maximum absolute atomic E-state index is 3.63. The molecule has 0 amide bonds. The molecule has 1 saturated heterocycles. The molecule has 1 N–H and O–H groups in total. The normalized spacial score (nSPS) is 33.0. The second-order valence-corrected chi connectivity index (χ2v) is 4.10. The lowest BCUT2D eigenvalue weighted by atomic mass is 10.2. The summed E-state index contributed by atoms with van der Waals surface area (Å²) < 4.78 is 0. The predicted octanol–water partition coefficient (Wildman–Crippen LogP) is 0.690. The third-order valence-electron chi connectivity index (χ3n) is 2.78. The third kappa shape index (κ3) is 2.17. The van der Waals surface area contributed by atoms with E-state index in [4.69, 9.17) is 0 Å². The van der Waals surface area contributed by atoms with E-state index in [9.17, 15) is 0 Å². The van der Waals surface area contributed by atoms with Crippen LogP contribution in [0.1, 0.15) is 19.3 Å². The number of nitrogens with zero attached hydrogens (tertiary/aromatic N) is 1. The van der Waals surface area contributed by atoms with Crippen LogP contribution < -0.4 is 5.32 Å². The number of nitrogens with one attached hydrogen (secondary N) is 1. The first-order valence-corrected chi connectivity index (χ1v) is 4.76. The first kappa shape index (κ1) is 7.56. The van der Waals surface area contributed by atoms with Gasteiger partial charge in [-0.25, -0.2) is 0 Å². The monoisotopic (exact) mass is 154 g/mol. The van der Waals surface area contributed by atoms with Crippen molar-refractivity contribution in [2.75, 3.05) is 26.7 Å². The van der Waals surface area contributed by atoms with E-state index >= 15 is 0 Å². The lowest BCUT2D eigenvalue weighted by Crippen LogP contribution is -2.32. The molecule has 0 aromatic carbocycles. The summed E-state index contributed by atoms with van der Waals surface area (Å²) >= 11 is 0. The zero-order chi connectivity index (χ0) is 7.68. The van der Waals surface area contributed by atoms with Crippen LogP contribution >= 0.6 is 0 Å². The fourth-order valence-corrected chi connectivity index (χ4v) is 1.76. The van der Waals surface area contributed by atoms with Crippen LogP contribution in [0.5, 0.6) is 0 Å². The molecule has 1 heterocycles. The summed E-state index contributed by atoms with van der Waals surface area (Å²) in [6.45, 7) is 3.81. The van der Waals surface area contributed by atoms with E-state index in [2.05, 4.69) is 17.3 Å². The molecule has 0 aromatic heterocycles. The Morgan fingerprint density at radius 3 is 2.73 bits per heavy atom. The molecular weight excluding hydrogens is 136 g/mol. The van der Waals surface area contributed by atoms with E-state index in [1.54, 1.807) is 0 Å². The van der Waals surface area contributed by atoms with Crippen LogP contribution in [0.4, 0.5) is 0 Å². The molecule has 11 heavy (non-hydrogen) atoms. The zero-order valence-electron chi connectivity index (χ0n) is 7.34. The summed E-state index contributed by atoms with van der Waals surface area (Å²) in [4.78, 5) is 2.41. The molecule has 0 unspecified atom stereocenters. The molecule has 2 rings (SSSR count). The molecule has 0 spiro atoms. The number of hydrogen-bond donors (Lipinski definition) is 1. The van der Waals surface area contributed by atoms with Gasteiger partial charge in [0.2, 0.25) is 0 Å². The maximum atomic E-state index is 3.63. The summed E-state index contributed by atoms with van der Waals surface area (Å²) in [6.07, 6.45) is 4.29. The molecule has 64 valence electrons. The molecule has 0 aromatic rings. The van der Waals surface area contributed by atoms with Gasteiger partial charge in [0.25, 0.3) is 0 Å². The topological polar surface area (TPSA) is 15.3 Å². The molecule has 2 nitrogen and oxygen atoms in total. The summed E-state index contributed by atoms with van der Waals surface area (Å²) in [6, 6.07) is 0.792. The van der Waals surface area contributed by atoms with Crippen LogP contribution in [0, 0.1) is 5.92 Å². The van der Waals surface area contributed by atoms with Crippen LogP contribution in [0.2, 0.25) is 0 Å². The molecule has 1 saturated carbocycles. The zero-order valence-corrected chi connectivity index (χ0v) is 7.34. The smallest absolute Gasteiger partial charge is 0.0207 e. The van der Waals surface area contributed by atoms with Gasteiger partial charge in [-0.2, -0.15) is 0 Å². The average molecular weight is 154 g/mol. The average Bonchev–Trinajstić information content (AvgIpc) is 2.72. The van der Waals surface area contributed by atoms with E-state index in [-0.39, 0.29) is 0 Å². The van der Waals surface area contributed by atoms with Gasteiger partial charge in [0, 0.05) is 12.6 Å². The van der Waals surface area contributed by atoms with Crippen molar-refractivity contribution in [1.29, 1.82) is 0 Å². The Kier molecular flexibility index (Phi) is 2.14. The highest BCUT2D eigenvalue weighted by molar-refractivity contribution is 4.82. The highest BCUT2D eigenvalue weighted by atomic mass is 15.2. The predicted molar refractivity (Wildman–Crippen MR) is 46.6 cm³/mol. The van der Waals surface area contributed by atoms with Gasteiger partial charge in [0.15, 0.2) is 0 Å². The van der Waals surface area contributed by atoms with Crippen molar-refractivity contribution in [1.82, 2.24) is 10.2 Å². The van der Waals surface area contributed by atoms with E-state index in [1.807, 2.05) is 0 Å². The van der Waals surface area contributed by atoms with Crippen LogP contribution in [0.25, 0.3) is 0 Å². The highest BCUT2D eigenvalue weighted by Crippen LogP contribution is 2.27. The summed E-state index contributed by atoms with van der Waals surface area (Å²) in [7, 11) is 2.21. The van der Waals surface area contributed by atoms with E-state index in [0.29, 0.717) is 0 Å². The molecule has 1 atom stereocenters. The molecule has 1 aliphatic heterocycles. The number of hydrogen-bond acceptors (Lipinski definition) is 2. The quantitative estimate of drug-likeness (QED) is 0.643. The van der Waals surface area contributed by atoms with Crippen molar-refractivity contribution < 1.29 is 0 Å². The Bertz CT molecular complexity index is 132. The van der Waals surface area contributed by atoms with Crippen LogP contribution in [0.3, 0.4) is 0 Å². The van der Waals surface area contributed by atoms with Gasteiger partial charge in [-0.1, -0.05) is 0 Å². The second-order valence-electron chi connectivity index (χ2n) is 4.10. The SMILES string of the molecule is CN1CC[C@H](NCC2CC2)C1. The minimum Gasteiger partial charge on any atom is -0.312 e. The number of likely N-dealkylation sites (N-methyl/N-ethyl adjacent to an activating group) is 1. The van der Waals surface area contributed by atoms with Crippen molar-refractivity contribution >= 4 is 0 Å². The molecule has 2 fully saturated rings. The van der Waals surface area contributed by atoms with Gasteiger partial charge >= 0.3 is 0 Å². The van der Waals surface area contributed by atoms with E-state index in [0.717, 1.165) is 12.0 Å². The number of likely N-dealkylation sites (tertiary alicyclic amines) is 1. The Balaban J connectivity index is 1.62. The molecular formula is C9H18N2.